The van der Waals surface area contributed by atoms with Crippen molar-refractivity contribution in [2.75, 3.05) is 0 Å². The first-order valence-corrected chi connectivity index (χ1v) is 4.03. The van der Waals surface area contributed by atoms with Gasteiger partial charge in [-0.1, -0.05) is 0 Å². The van der Waals surface area contributed by atoms with Gasteiger partial charge in [-0.2, -0.15) is 0 Å². The van der Waals surface area contributed by atoms with E-state index in [9.17, 15) is 24.6 Å². The Labute approximate surface area is 56.8 Å². The molecule has 0 aromatic heterocycles. The van der Waals surface area contributed by atoms with E-state index in [-0.39, 0.29) is 0 Å². The summed E-state index contributed by atoms with van der Waals surface area (Å²) in [7, 11) is -10.8. The van der Waals surface area contributed by atoms with Crippen molar-refractivity contribution in [3.8, 4) is 0 Å². The molecule has 0 unspecified atom stereocenters. The van der Waals surface area contributed by atoms with Gasteiger partial charge in [-0.15, -0.1) is 0 Å². The first-order chi connectivity index (χ1) is 4.45. The fourth-order valence-electron chi connectivity index (χ4n) is 0. The predicted octanol–water partition coefficient (Wildman–Crippen LogP) is -0.625. The van der Waals surface area contributed by atoms with Crippen LogP contribution in [-0.2, 0) is 0 Å². The minimum atomic E-state index is -10.8. The molecule has 0 aliphatic rings. The van der Waals surface area contributed by atoms with Gasteiger partial charge < -0.3 is 0 Å². The molecule has 0 atom stereocenters. The Kier molecular flexibility index (Phi) is 5.17. The minimum absolute atomic E-state index is 2.25. The van der Waals surface area contributed by atoms with Crippen molar-refractivity contribution in [2.45, 2.75) is 0 Å². The van der Waals surface area contributed by atoms with Gasteiger partial charge >= 0.3 is 33.3 Å². The van der Waals surface area contributed by atoms with Gasteiger partial charge in [-0.3, -0.25) is 0 Å². The smallest absolute Gasteiger partial charge is 0.216 e. The average Bonchev–Trinajstić information content (AvgIpc) is 1.68. The summed E-state index contributed by atoms with van der Waals surface area (Å²) < 4.78 is 59.3. The SMILES string of the molecule is F[Si-2](F)(F)(F)(F)F.[NH3+]O.[NH3+]O. The standard InChI is InChI=1S/F6Si.2H4NO/c1-7(2,3,4,5)6;2*1-2/h;2*2H,1H3/q-2;2*+1. The molecule has 0 aromatic carbocycles. The van der Waals surface area contributed by atoms with E-state index in [2.05, 4.69) is 11.8 Å². The Balaban J connectivity index is -0.000000138. The molecule has 0 fully saturated rings. The summed E-state index contributed by atoms with van der Waals surface area (Å²) in [5, 5.41) is 13.5. The van der Waals surface area contributed by atoms with Crippen LogP contribution >= 0.6 is 0 Å². The van der Waals surface area contributed by atoms with Crippen LogP contribution < -0.4 is 11.8 Å². The normalized spacial score (nSPS) is 15.8. The van der Waals surface area contributed by atoms with Crippen LogP contribution in [0.25, 0.3) is 0 Å². The third kappa shape index (κ3) is 4260. The van der Waals surface area contributed by atoms with E-state index in [1.54, 1.807) is 0 Å². The van der Waals surface area contributed by atoms with E-state index < -0.39 is 8.63 Å². The Hall–Kier alpha value is -0.363. The second-order valence-corrected chi connectivity index (χ2v) is 3.21. The summed E-state index contributed by atoms with van der Waals surface area (Å²) in [6.07, 6.45) is 0. The molecule has 0 saturated carbocycles. The molecule has 11 heavy (non-hydrogen) atoms. The minimum Gasteiger partial charge on any atom is -0.222 e. The predicted molar refractivity (Wildman–Crippen MR) is 21.8 cm³/mol. The van der Waals surface area contributed by atoms with E-state index in [1.807, 2.05) is 0 Å². The van der Waals surface area contributed by atoms with Gasteiger partial charge in [-0.05, 0) is 0 Å². The van der Waals surface area contributed by atoms with Crippen LogP contribution in [0.5, 0.6) is 0 Å². The van der Waals surface area contributed by atoms with E-state index in [0.717, 1.165) is 0 Å². The summed E-state index contributed by atoms with van der Waals surface area (Å²) in [5.74, 6) is 4.50. The molecule has 0 rings (SSSR count). The Morgan fingerprint density at radius 2 is 0.636 bits per heavy atom. The second kappa shape index (κ2) is 3.36. The van der Waals surface area contributed by atoms with E-state index in [4.69, 9.17) is 10.4 Å². The molecule has 0 amide bonds. The van der Waals surface area contributed by atoms with E-state index in [1.165, 1.54) is 0 Å². The molecule has 0 spiro atoms. The molecule has 0 saturated heterocycles. The molecule has 4 nitrogen and oxygen atoms in total. The second-order valence-electron chi connectivity index (χ2n) is 1.07. The molecule has 0 radical (unpaired) electrons. The maximum atomic E-state index is 9.88. The van der Waals surface area contributed by atoms with Crippen molar-refractivity contribution < 1.29 is 46.9 Å². The molecule has 0 aliphatic heterocycles. The number of hydrogen-bond donors (Lipinski definition) is 4. The molecule has 0 aliphatic carbocycles. The molecule has 76 valence electrons. The molecule has 8 N–H and O–H groups in total. The third-order valence-corrected chi connectivity index (χ3v) is 0. The zero-order valence-corrected chi connectivity index (χ0v) is 6.08. The number of quaternary nitrogens is 2. The van der Waals surface area contributed by atoms with Gasteiger partial charge in [0.1, 0.15) is 0 Å². The van der Waals surface area contributed by atoms with Crippen molar-refractivity contribution in [3.05, 3.63) is 0 Å². The molecule has 0 aromatic rings. The molecule has 0 heterocycles. The first-order valence-electron chi connectivity index (χ1n) is 1.77. The van der Waals surface area contributed by atoms with Crippen molar-refractivity contribution in [2.24, 2.45) is 0 Å². The van der Waals surface area contributed by atoms with Crippen LogP contribution in [0.4, 0.5) is 24.6 Å². The maximum Gasteiger partial charge on any atom is -0.216 e. The van der Waals surface area contributed by atoms with E-state index >= 15 is 0 Å². The van der Waals surface area contributed by atoms with Crippen LogP contribution in [0.15, 0.2) is 0 Å². The largest absolute Gasteiger partial charge is 0.222 e. The topological polar surface area (TPSA) is 95.7 Å². The Morgan fingerprint density at radius 1 is 0.636 bits per heavy atom. The van der Waals surface area contributed by atoms with Crippen LogP contribution in [0, 0.1) is 0 Å². The van der Waals surface area contributed by atoms with Gasteiger partial charge in [0.25, 0.3) is 0 Å². The van der Waals surface area contributed by atoms with Gasteiger partial charge in [0.15, 0.2) is 0 Å². The number of rotatable bonds is 0. The number of halogens is 6. The molecular formula is H8F6N2O2Si. The average molecular weight is 210 g/mol. The van der Waals surface area contributed by atoms with Crippen LogP contribution in [-0.4, -0.2) is 19.0 Å². The van der Waals surface area contributed by atoms with Crippen molar-refractivity contribution in [1.82, 2.24) is 0 Å². The van der Waals surface area contributed by atoms with Gasteiger partial charge in [0.05, 0.1) is 0 Å². The van der Waals surface area contributed by atoms with Crippen molar-refractivity contribution in [3.63, 3.8) is 0 Å². The first kappa shape index (κ1) is 16.9. The van der Waals surface area contributed by atoms with Gasteiger partial charge in [0.2, 0.25) is 0 Å². The van der Waals surface area contributed by atoms with Crippen LogP contribution in [0.1, 0.15) is 0 Å². The summed E-state index contributed by atoms with van der Waals surface area (Å²) in [6.45, 7) is 0. The fourth-order valence-corrected chi connectivity index (χ4v) is 0. The van der Waals surface area contributed by atoms with Crippen molar-refractivity contribution >= 4 is 8.63 Å². The quantitative estimate of drug-likeness (QED) is 0.185. The van der Waals surface area contributed by atoms with Crippen molar-refractivity contribution in [1.29, 1.82) is 0 Å². The Morgan fingerprint density at radius 3 is 0.636 bits per heavy atom. The molecular weight excluding hydrogens is 202 g/mol. The zero-order chi connectivity index (χ0) is 10.4. The Bertz CT molecular complexity index is 77.1. The summed E-state index contributed by atoms with van der Waals surface area (Å²) in [5.41, 5.74) is 0. The van der Waals surface area contributed by atoms with Crippen LogP contribution in [0.2, 0.25) is 0 Å². The van der Waals surface area contributed by atoms with E-state index in [0.29, 0.717) is 0 Å². The monoisotopic (exact) mass is 210 g/mol. The van der Waals surface area contributed by atoms with Gasteiger partial charge in [0, 0.05) is 0 Å². The zero-order valence-electron chi connectivity index (χ0n) is 5.08. The third-order valence-electron chi connectivity index (χ3n) is 0. The summed E-state index contributed by atoms with van der Waals surface area (Å²) in [6, 6.07) is 0. The molecule has 0 bridgehead atoms. The maximum absolute atomic E-state index is 10.8. The molecule has 11 heteroatoms. The summed E-state index contributed by atoms with van der Waals surface area (Å²) >= 11 is 0. The summed E-state index contributed by atoms with van der Waals surface area (Å²) in [4.78, 5) is 0. The number of hydrogen-bond acceptors (Lipinski definition) is 2. The van der Waals surface area contributed by atoms with Gasteiger partial charge in [-0.25, -0.2) is 22.2 Å². The fraction of sp³-hybridized carbons (Fsp3) is 0. The van der Waals surface area contributed by atoms with Crippen LogP contribution in [0.3, 0.4) is 0 Å².